The maximum atomic E-state index is 10.3. The largest absolute Gasteiger partial charge is 0.505 e. The van der Waals surface area contributed by atoms with Crippen molar-refractivity contribution in [3.63, 3.8) is 0 Å². The molecule has 1 rings (SSSR count). The molecule has 1 N–H and O–H groups in total. The fourth-order valence-corrected chi connectivity index (χ4v) is 1.66. The van der Waals surface area contributed by atoms with E-state index in [1.807, 2.05) is 6.92 Å². The number of nitrogens with zero attached hydrogens (tertiary/aromatic N) is 2. The molecule has 0 aliphatic rings. The second-order valence-electron chi connectivity index (χ2n) is 3.42. The molecular formula is C11H16N2O2S. The second-order valence-corrected chi connectivity index (χ2v) is 3.87. The molecule has 0 fully saturated rings. The fourth-order valence-electron chi connectivity index (χ4n) is 1.52. The highest BCUT2D eigenvalue weighted by molar-refractivity contribution is 7.80. The molecule has 16 heavy (non-hydrogen) atoms. The van der Waals surface area contributed by atoms with Crippen LogP contribution >= 0.6 is 12.6 Å². The summed E-state index contributed by atoms with van der Waals surface area (Å²) in [5.41, 5.74) is 0.975. The minimum absolute atomic E-state index is 0.0724. The Morgan fingerprint density at radius 2 is 2.25 bits per heavy atom. The van der Waals surface area contributed by atoms with E-state index in [9.17, 15) is 10.0 Å². The van der Waals surface area contributed by atoms with E-state index in [0.29, 0.717) is 0 Å². The van der Waals surface area contributed by atoms with Gasteiger partial charge in [0, 0.05) is 24.8 Å². The molecule has 1 aromatic carbocycles. The summed E-state index contributed by atoms with van der Waals surface area (Å²) in [6.07, 6.45) is 0.978. The van der Waals surface area contributed by atoms with E-state index < -0.39 is 0 Å². The zero-order valence-electron chi connectivity index (χ0n) is 9.26. The molecule has 4 nitrogen and oxygen atoms in total. The van der Waals surface area contributed by atoms with E-state index in [-0.39, 0.29) is 11.4 Å². The number of nitroso groups, excluding NO2 is 1. The lowest BCUT2D eigenvalue weighted by Crippen LogP contribution is -2.24. The van der Waals surface area contributed by atoms with Gasteiger partial charge in [0.2, 0.25) is 0 Å². The average molecular weight is 240 g/mol. The molecule has 0 atom stereocenters. The van der Waals surface area contributed by atoms with Crippen LogP contribution in [0.2, 0.25) is 0 Å². The van der Waals surface area contributed by atoms with Gasteiger partial charge in [0.25, 0.3) is 0 Å². The Kier molecular flexibility index (Phi) is 5.11. The first-order valence-corrected chi connectivity index (χ1v) is 5.88. The van der Waals surface area contributed by atoms with Crippen LogP contribution in [-0.4, -0.2) is 23.9 Å². The zero-order valence-corrected chi connectivity index (χ0v) is 10.2. The standard InChI is InChI=1S/C11H16N2O2S/c1-2-13(6-3-7-16)9-4-5-10(12-15)11(14)8-9/h4-5,8,14,16H,2-3,6-7H2,1H3. The lowest BCUT2D eigenvalue weighted by molar-refractivity contribution is 0.476. The van der Waals surface area contributed by atoms with Gasteiger partial charge in [-0.05, 0) is 36.4 Å². The van der Waals surface area contributed by atoms with Crippen LogP contribution in [0.3, 0.4) is 0 Å². The Balaban J connectivity index is 2.84. The molecule has 0 saturated heterocycles. The topological polar surface area (TPSA) is 52.9 Å². The van der Waals surface area contributed by atoms with Gasteiger partial charge >= 0.3 is 0 Å². The lowest BCUT2D eigenvalue weighted by atomic mass is 10.2. The predicted octanol–water partition coefficient (Wildman–Crippen LogP) is 2.94. The monoisotopic (exact) mass is 240 g/mol. The molecule has 0 aromatic heterocycles. The summed E-state index contributed by atoms with van der Waals surface area (Å²) in [6, 6.07) is 4.89. The van der Waals surface area contributed by atoms with Crippen molar-refractivity contribution in [3.8, 4) is 5.75 Å². The number of rotatable bonds is 6. The summed E-state index contributed by atoms with van der Waals surface area (Å²) < 4.78 is 0. The van der Waals surface area contributed by atoms with E-state index in [1.165, 1.54) is 6.07 Å². The van der Waals surface area contributed by atoms with Crippen LogP contribution in [0.15, 0.2) is 23.4 Å². The number of thiol groups is 1. The van der Waals surface area contributed by atoms with Crippen molar-refractivity contribution < 1.29 is 5.11 Å². The van der Waals surface area contributed by atoms with Gasteiger partial charge in [0.05, 0.1) is 0 Å². The average Bonchev–Trinajstić information content (AvgIpc) is 2.30. The van der Waals surface area contributed by atoms with Gasteiger partial charge in [-0.3, -0.25) is 0 Å². The smallest absolute Gasteiger partial charge is 0.149 e. The van der Waals surface area contributed by atoms with E-state index in [0.717, 1.165) is 31.0 Å². The third kappa shape index (κ3) is 3.13. The van der Waals surface area contributed by atoms with Crippen molar-refractivity contribution in [2.75, 3.05) is 23.7 Å². The molecule has 0 amide bonds. The first-order valence-electron chi connectivity index (χ1n) is 5.25. The van der Waals surface area contributed by atoms with Crippen molar-refractivity contribution in [1.29, 1.82) is 0 Å². The Morgan fingerprint density at radius 1 is 1.50 bits per heavy atom. The van der Waals surface area contributed by atoms with Gasteiger partial charge in [-0.2, -0.15) is 12.6 Å². The minimum atomic E-state index is -0.0724. The number of anilines is 1. The molecule has 0 aliphatic heterocycles. The van der Waals surface area contributed by atoms with Gasteiger partial charge in [-0.1, -0.05) is 0 Å². The highest BCUT2D eigenvalue weighted by atomic mass is 32.1. The van der Waals surface area contributed by atoms with Gasteiger partial charge in [0.1, 0.15) is 11.4 Å². The Labute approximate surface area is 101 Å². The molecule has 88 valence electrons. The maximum absolute atomic E-state index is 10.3. The normalized spacial score (nSPS) is 10.1. The number of benzene rings is 1. The Bertz CT molecular complexity index is 358. The molecule has 0 saturated carbocycles. The summed E-state index contributed by atoms with van der Waals surface area (Å²) in [5.74, 6) is 0.757. The van der Waals surface area contributed by atoms with Crippen molar-refractivity contribution in [2.45, 2.75) is 13.3 Å². The number of phenols is 1. The summed E-state index contributed by atoms with van der Waals surface area (Å²) in [6.45, 7) is 3.77. The van der Waals surface area contributed by atoms with Crippen molar-refractivity contribution >= 4 is 24.0 Å². The van der Waals surface area contributed by atoms with Crippen molar-refractivity contribution in [2.24, 2.45) is 5.18 Å². The molecule has 0 heterocycles. The van der Waals surface area contributed by atoms with Crippen LogP contribution in [0.5, 0.6) is 5.75 Å². The quantitative estimate of drug-likeness (QED) is 0.593. The first kappa shape index (κ1) is 12.8. The van der Waals surface area contributed by atoms with E-state index in [4.69, 9.17) is 0 Å². The van der Waals surface area contributed by atoms with E-state index in [1.54, 1.807) is 12.1 Å². The van der Waals surface area contributed by atoms with Gasteiger partial charge in [-0.15, -0.1) is 4.91 Å². The molecule has 0 aliphatic carbocycles. The van der Waals surface area contributed by atoms with Gasteiger partial charge in [0.15, 0.2) is 0 Å². The van der Waals surface area contributed by atoms with Crippen LogP contribution in [0, 0.1) is 4.91 Å². The Hall–Kier alpha value is -1.23. The molecule has 0 spiro atoms. The lowest BCUT2D eigenvalue weighted by Gasteiger charge is -2.22. The molecular weight excluding hydrogens is 224 g/mol. The summed E-state index contributed by atoms with van der Waals surface area (Å²) in [5, 5.41) is 12.3. The van der Waals surface area contributed by atoms with Crippen molar-refractivity contribution in [3.05, 3.63) is 23.1 Å². The number of phenolic OH excluding ortho intramolecular Hbond substituents is 1. The Morgan fingerprint density at radius 3 is 2.75 bits per heavy atom. The van der Waals surface area contributed by atoms with Crippen LogP contribution < -0.4 is 4.90 Å². The molecule has 0 radical (unpaired) electrons. The second kappa shape index (κ2) is 6.37. The number of hydrogen-bond donors (Lipinski definition) is 2. The van der Waals surface area contributed by atoms with Crippen LogP contribution in [0.25, 0.3) is 0 Å². The third-order valence-electron chi connectivity index (χ3n) is 2.39. The van der Waals surface area contributed by atoms with Crippen molar-refractivity contribution in [1.82, 2.24) is 0 Å². The fraction of sp³-hybridized carbons (Fsp3) is 0.455. The number of hydrogen-bond acceptors (Lipinski definition) is 5. The van der Waals surface area contributed by atoms with Gasteiger partial charge in [-0.25, -0.2) is 0 Å². The summed E-state index contributed by atoms with van der Waals surface area (Å²) in [7, 11) is 0. The molecule has 0 unspecified atom stereocenters. The predicted molar refractivity (Wildman–Crippen MR) is 69.9 cm³/mol. The minimum Gasteiger partial charge on any atom is -0.505 e. The highest BCUT2D eigenvalue weighted by Gasteiger charge is 2.07. The molecule has 1 aromatic rings. The summed E-state index contributed by atoms with van der Waals surface area (Å²) >= 11 is 4.17. The maximum Gasteiger partial charge on any atom is 0.149 e. The van der Waals surface area contributed by atoms with E-state index in [2.05, 4.69) is 22.7 Å². The van der Waals surface area contributed by atoms with Crippen LogP contribution in [-0.2, 0) is 0 Å². The van der Waals surface area contributed by atoms with Crippen LogP contribution in [0.1, 0.15) is 13.3 Å². The SMILES string of the molecule is CCN(CCCS)c1ccc(N=O)c(O)c1. The zero-order chi connectivity index (χ0) is 12.0. The molecule has 5 heteroatoms. The summed E-state index contributed by atoms with van der Waals surface area (Å²) in [4.78, 5) is 12.4. The first-order chi connectivity index (χ1) is 7.72. The molecule has 0 bridgehead atoms. The van der Waals surface area contributed by atoms with E-state index >= 15 is 0 Å². The third-order valence-corrected chi connectivity index (χ3v) is 2.71. The number of aromatic hydroxyl groups is 1. The van der Waals surface area contributed by atoms with Gasteiger partial charge < -0.3 is 10.0 Å². The highest BCUT2D eigenvalue weighted by Crippen LogP contribution is 2.30. The van der Waals surface area contributed by atoms with Crippen LogP contribution in [0.4, 0.5) is 11.4 Å².